The number of halogens is 1. The minimum absolute atomic E-state index is 0.132. The van der Waals surface area contributed by atoms with Gasteiger partial charge in [-0.3, -0.25) is 0 Å². The minimum atomic E-state index is -0.235. The number of aromatic nitrogens is 2. The summed E-state index contributed by atoms with van der Waals surface area (Å²) in [4.78, 5) is 4.65. The molecule has 0 spiro atoms. The van der Waals surface area contributed by atoms with Gasteiger partial charge in [-0.1, -0.05) is 12.8 Å². The molecular weight excluding hydrogens is 253 g/mol. The lowest BCUT2D eigenvalue weighted by atomic mass is 9.94. The first-order chi connectivity index (χ1) is 9.48. The molecule has 0 saturated heterocycles. The summed E-state index contributed by atoms with van der Waals surface area (Å²) >= 11 is 0. The predicted octanol–water partition coefficient (Wildman–Crippen LogP) is 3.57. The fourth-order valence-electron chi connectivity index (χ4n) is 3.39. The van der Waals surface area contributed by atoms with E-state index in [0.29, 0.717) is 6.04 Å². The van der Waals surface area contributed by atoms with Crippen LogP contribution >= 0.6 is 0 Å². The first-order valence-corrected chi connectivity index (χ1v) is 7.44. The van der Waals surface area contributed by atoms with E-state index in [-0.39, 0.29) is 11.4 Å². The Kier molecular flexibility index (Phi) is 3.28. The van der Waals surface area contributed by atoms with Gasteiger partial charge in [0.05, 0.1) is 11.0 Å². The van der Waals surface area contributed by atoms with E-state index >= 15 is 0 Å². The number of rotatable bonds is 3. The lowest BCUT2D eigenvalue weighted by molar-refractivity contribution is 0.413. The van der Waals surface area contributed by atoms with Crippen LogP contribution in [0.4, 0.5) is 4.39 Å². The summed E-state index contributed by atoms with van der Waals surface area (Å²) in [5.41, 5.74) is 8.08. The van der Waals surface area contributed by atoms with Crippen LogP contribution in [-0.4, -0.2) is 15.1 Å². The highest BCUT2D eigenvalue weighted by molar-refractivity contribution is 5.76. The fraction of sp³-hybridized carbons (Fsp3) is 0.562. The Bertz CT molecular complexity index is 624. The van der Waals surface area contributed by atoms with Crippen molar-refractivity contribution < 1.29 is 4.39 Å². The van der Waals surface area contributed by atoms with E-state index in [0.717, 1.165) is 36.1 Å². The maximum atomic E-state index is 13.4. The van der Waals surface area contributed by atoms with Crippen molar-refractivity contribution in [1.82, 2.24) is 9.55 Å². The van der Waals surface area contributed by atoms with Crippen LogP contribution in [0.3, 0.4) is 0 Å². The molecule has 4 heteroatoms. The average molecular weight is 275 g/mol. The first kappa shape index (κ1) is 13.6. The zero-order valence-corrected chi connectivity index (χ0v) is 12.2. The van der Waals surface area contributed by atoms with E-state index in [2.05, 4.69) is 23.4 Å². The third-order valence-electron chi connectivity index (χ3n) is 4.35. The molecule has 1 aromatic carbocycles. The van der Waals surface area contributed by atoms with E-state index in [1.807, 2.05) is 6.07 Å². The normalized spacial score (nSPS) is 18.2. The monoisotopic (exact) mass is 275 g/mol. The molecule has 1 saturated carbocycles. The highest BCUT2D eigenvalue weighted by Gasteiger charge is 2.31. The van der Waals surface area contributed by atoms with E-state index in [1.165, 1.54) is 25.0 Å². The topological polar surface area (TPSA) is 43.8 Å². The predicted molar refractivity (Wildman–Crippen MR) is 79.2 cm³/mol. The van der Waals surface area contributed by atoms with E-state index in [4.69, 9.17) is 5.73 Å². The number of nitrogens with two attached hydrogens (primary N) is 1. The molecule has 20 heavy (non-hydrogen) atoms. The van der Waals surface area contributed by atoms with Crippen LogP contribution in [0.15, 0.2) is 18.2 Å². The van der Waals surface area contributed by atoms with Gasteiger partial charge in [0.25, 0.3) is 0 Å². The summed E-state index contributed by atoms with van der Waals surface area (Å²) in [6.45, 7) is 4.26. The van der Waals surface area contributed by atoms with Gasteiger partial charge in [0, 0.05) is 24.1 Å². The highest BCUT2D eigenvalue weighted by Crippen LogP contribution is 2.32. The van der Waals surface area contributed by atoms with Gasteiger partial charge in [0.2, 0.25) is 0 Å². The van der Waals surface area contributed by atoms with Crippen molar-refractivity contribution in [2.75, 3.05) is 0 Å². The molecule has 1 heterocycles. The highest BCUT2D eigenvalue weighted by atomic mass is 19.1. The van der Waals surface area contributed by atoms with Crippen molar-refractivity contribution in [3.63, 3.8) is 0 Å². The quantitative estimate of drug-likeness (QED) is 0.930. The summed E-state index contributed by atoms with van der Waals surface area (Å²) in [5.74, 6) is 0.755. The van der Waals surface area contributed by atoms with Gasteiger partial charge in [-0.2, -0.15) is 0 Å². The number of nitrogens with zero attached hydrogens (tertiary/aromatic N) is 2. The Morgan fingerprint density at radius 2 is 2.05 bits per heavy atom. The van der Waals surface area contributed by atoms with Crippen molar-refractivity contribution in [1.29, 1.82) is 0 Å². The Labute approximate surface area is 119 Å². The van der Waals surface area contributed by atoms with Crippen LogP contribution < -0.4 is 5.73 Å². The van der Waals surface area contributed by atoms with Crippen LogP contribution in [0.5, 0.6) is 0 Å². The van der Waals surface area contributed by atoms with Gasteiger partial charge < -0.3 is 10.3 Å². The SMILES string of the molecule is CC(C)n1c(CC2(N)CCCC2)nc2cc(F)ccc21. The maximum absolute atomic E-state index is 13.4. The van der Waals surface area contributed by atoms with Crippen molar-refractivity contribution in [3.05, 3.63) is 29.8 Å². The second kappa shape index (κ2) is 4.85. The van der Waals surface area contributed by atoms with Gasteiger partial charge in [-0.15, -0.1) is 0 Å². The summed E-state index contributed by atoms with van der Waals surface area (Å²) in [5, 5.41) is 0. The second-order valence-electron chi connectivity index (χ2n) is 6.37. The second-order valence-corrected chi connectivity index (χ2v) is 6.37. The molecule has 0 bridgehead atoms. The molecule has 0 radical (unpaired) electrons. The van der Waals surface area contributed by atoms with Crippen molar-refractivity contribution in [3.8, 4) is 0 Å². The number of benzene rings is 1. The zero-order chi connectivity index (χ0) is 14.3. The number of hydrogen-bond acceptors (Lipinski definition) is 2. The molecule has 2 N–H and O–H groups in total. The van der Waals surface area contributed by atoms with Gasteiger partial charge in [0.1, 0.15) is 11.6 Å². The summed E-state index contributed by atoms with van der Waals surface area (Å²) in [7, 11) is 0. The summed E-state index contributed by atoms with van der Waals surface area (Å²) in [6.07, 6.45) is 5.30. The van der Waals surface area contributed by atoms with Crippen LogP contribution in [0.25, 0.3) is 11.0 Å². The number of hydrogen-bond donors (Lipinski definition) is 1. The lowest BCUT2D eigenvalue weighted by Gasteiger charge is -2.24. The Balaban J connectivity index is 2.07. The fourth-order valence-corrected chi connectivity index (χ4v) is 3.39. The van der Waals surface area contributed by atoms with E-state index in [9.17, 15) is 4.39 Å². The summed E-state index contributed by atoms with van der Waals surface area (Å²) in [6, 6.07) is 5.13. The van der Waals surface area contributed by atoms with Crippen LogP contribution in [-0.2, 0) is 6.42 Å². The number of imidazole rings is 1. The lowest BCUT2D eigenvalue weighted by Crippen LogP contribution is -2.39. The average Bonchev–Trinajstić information content (AvgIpc) is 2.92. The van der Waals surface area contributed by atoms with E-state index in [1.54, 1.807) is 0 Å². The molecule has 1 aliphatic carbocycles. The van der Waals surface area contributed by atoms with Crippen LogP contribution in [0.2, 0.25) is 0 Å². The molecule has 0 unspecified atom stereocenters. The Morgan fingerprint density at radius 3 is 2.70 bits per heavy atom. The Hall–Kier alpha value is -1.42. The van der Waals surface area contributed by atoms with Gasteiger partial charge in [0.15, 0.2) is 0 Å². The standard InChI is InChI=1S/C16H22FN3/c1-11(2)20-14-6-5-12(17)9-13(14)19-15(20)10-16(18)7-3-4-8-16/h5-6,9,11H,3-4,7-8,10,18H2,1-2H3. The van der Waals surface area contributed by atoms with Crippen molar-refractivity contribution >= 4 is 11.0 Å². The van der Waals surface area contributed by atoms with Gasteiger partial charge >= 0.3 is 0 Å². The first-order valence-electron chi connectivity index (χ1n) is 7.44. The minimum Gasteiger partial charge on any atom is -0.325 e. The largest absolute Gasteiger partial charge is 0.325 e. The van der Waals surface area contributed by atoms with Gasteiger partial charge in [-0.25, -0.2) is 9.37 Å². The van der Waals surface area contributed by atoms with Crippen molar-refractivity contribution in [2.45, 2.75) is 57.5 Å². The van der Waals surface area contributed by atoms with Crippen LogP contribution in [0.1, 0.15) is 51.4 Å². The smallest absolute Gasteiger partial charge is 0.125 e. The Morgan fingerprint density at radius 1 is 1.35 bits per heavy atom. The molecule has 3 nitrogen and oxygen atoms in total. The third-order valence-corrected chi connectivity index (χ3v) is 4.35. The van der Waals surface area contributed by atoms with Gasteiger partial charge in [-0.05, 0) is 38.8 Å². The molecule has 1 aliphatic rings. The van der Waals surface area contributed by atoms with E-state index < -0.39 is 0 Å². The molecule has 0 amide bonds. The van der Waals surface area contributed by atoms with Crippen LogP contribution in [0, 0.1) is 5.82 Å². The molecular formula is C16H22FN3. The molecule has 0 atom stereocenters. The zero-order valence-electron chi connectivity index (χ0n) is 12.2. The molecule has 2 aromatic rings. The third kappa shape index (κ3) is 2.33. The molecule has 1 aromatic heterocycles. The molecule has 0 aliphatic heterocycles. The number of fused-ring (bicyclic) bond motifs is 1. The molecule has 1 fully saturated rings. The molecule has 3 rings (SSSR count). The summed E-state index contributed by atoms with van der Waals surface area (Å²) < 4.78 is 15.6. The maximum Gasteiger partial charge on any atom is 0.125 e. The van der Waals surface area contributed by atoms with Crippen molar-refractivity contribution in [2.24, 2.45) is 5.73 Å². The molecule has 108 valence electrons.